The van der Waals surface area contributed by atoms with Gasteiger partial charge in [0.2, 0.25) is 0 Å². The summed E-state index contributed by atoms with van der Waals surface area (Å²) >= 11 is -2.05. The Bertz CT molecular complexity index is 1490. The summed E-state index contributed by atoms with van der Waals surface area (Å²) in [6, 6.07) is 49.7. The molecule has 0 heterocycles. The van der Waals surface area contributed by atoms with Crippen LogP contribution in [0.25, 0.3) is 0 Å². The summed E-state index contributed by atoms with van der Waals surface area (Å²) in [4.78, 5) is 12.8. The van der Waals surface area contributed by atoms with Crippen LogP contribution in [0.1, 0.15) is 46.8 Å². The van der Waals surface area contributed by atoms with E-state index < -0.39 is 41.6 Å². The summed E-state index contributed by atoms with van der Waals surface area (Å²) in [6.45, 7) is 0.171. The Balaban J connectivity index is 1.19. The first-order valence-electron chi connectivity index (χ1n) is 14.9. The summed E-state index contributed by atoms with van der Waals surface area (Å²) < 4.78 is 27.7. The van der Waals surface area contributed by atoms with Gasteiger partial charge in [0.25, 0.3) is 11.1 Å². The number of benzene rings is 5. The third-order valence-electron chi connectivity index (χ3n) is 7.67. The van der Waals surface area contributed by atoms with Crippen LogP contribution >= 0.6 is 0 Å². The highest BCUT2D eigenvalue weighted by molar-refractivity contribution is 7.81. The maximum Gasteiger partial charge on any atom is 0.902 e. The first-order chi connectivity index (χ1) is 22.1. The van der Waals surface area contributed by atoms with Gasteiger partial charge in [-0.05, 0) is 40.7 Å². The Morgan fingerprint density at radius 1 is 0.689 bits per heavy atom. The van der Waals surface area contributed by atoms with Crippen molar-refractivity contribution in [3.63, 3.8) is 0 Å². The fraction of sp³-hybridized carbons (Fsp3) is 0.162. The monoisotopic (exact) mass is 619 g/mol. The molecule has 0 amide bonds. The van der Waals surface area contributed by atoms with E-state index in [1.54, 1.807) is 0 Å². The zero-order chi connectivity index (χ0) is 31.3. The fourth-order valence-electron chi connectivity index (χ4n) is 5.65. The van der Waals surface area contributed by atoms with E-state index in [1.807, 2.05) is 115 Å². The molecule has 8 heteroatoms. The lowest BCUT2D eigenvalue weighted by Crippen LogP contribution is -2.33. The Hall–Kier alpha value is -4.34. The molecule has 1 atom stereocenters. The third kappa shape index (κ3) is 8.44. The molecule has 0 aliphatic heterocycles. The number of ether oxygens (including phenoxy) is 1. The molecule has 0 aliphatic carbocycles. The Kier molecular flexibility index (Phi) is 11.5. The molecule has 6 nitrogen and oxygen atoms in total. The summed E-state index contributed by atoms with van der Waals surface area (Å²) in [6.07, 6.45) is 0.612. The quantitative estimate of drug-likeness (QED) is 0.0370. The molecule has 2 N–H and O–H groups in total. The Morgan fingerprint density at radius 3 is 1.51 bits per heavy atom. The van der Waals surface area contributed by atoms with Gasteiger partial charge >= 0.3 is 13.3 Å². The number of hydrogen-bond acceptors (Lipinski definition) is 5. The molecule has 0 spiro atoms. The van der Waals surface area contributed by atoms with E-state index in [0.717, 1.165) is 27.8 Å². The predicted molar refractivity (Wildman–Crippen MR) is 178 cm³/mol. The maximum atomic E-state index is 12.8. The molecule has 45 heavy (non-hydrogen) atoms. The van der Waals surface area contributed by atoms with Crippen molar-refractivity contribution >= 4 is 24.4 Å². The van der Waals surface area contributed by atoms with Crippen molar-refractivity contribution in [3.8, 4) is 0 Å². The standard InChI is InChI=1S/C37H35BO6S/c39-35(43-36(30-17-6-1-7-18-30)31-19-8-2-9-20-31)29-45(41)44-38(40)42-28-16-27-37(32-21-10-3-11-22-32,33-23-12-4-13-24-33)34-25-14-5-15-26-34/h1-15,17-26,36,40H,16,27-29H2/p+1. The van der Waals surface area contributed by atoms with Crippen LogP contribution in [0.5, 0.6) is 0 Å². The van der Waals surface area contributed by atoms with Crippen molar-refractivity contribution in [3.05, 3.63) is 179 Å². The molecule has 0 fully saturated rings. The van der Waals surface area contributed by atoms with Gasteiger partial charge < -0.3 is 18.5 Å². The van der Waals surface area contributed by atoms with Gasteiger partial charge in [-0.2, -0.15) is 4.21 Å². The molecule has 0 radical (unpaired) electrons. The zero-order valence-corrected chi connectivity index (χ0v) is 25.7. The SMILES string of the molecule is O=C(CS(=O)[OH+]B(O)OCCCC(c1ccccc1)(c1ccccc1)c1ccccc1)OC(c1ccccc1)c1ccccc1. The van der Waals surface area contributed by atoms with E-state index in [0.29, 0.717) is 12.8 Å². The van der Waals surface area contributed by atoms with Crippen LogP contribution in [-0.2, 0) is 30.7 Å². The van der Waals surface area contributed by atoms with Gasteiger partial charge in [0.05, 0.1) is 0 Å². The van der Waals surface area contributed by atoms with Crippen LogP contribution in [0.15, 0.2) is 152 Å². The highest BCUT2D eigenvalue weighted by Gasteiger charge is 2.37. The predicted octanol–water partition coefficient (Wildman–Crippen LogP) is 6.32. The fourth-order valence-corrected chi connectivity index (χ4v) is 6.25. The van der Waals surface area contributed by atoms with Crippen molar-refractivity contribution in [1.82, 2.24) is 0 Å². The second-order valence-electron chi connectivity index (χ2n) is 10.6. The van der Waals surface area contributed by atoms with Crippen molar-refractivity contribution in [2.24, 2.45) is 0 Å². The first-order valence-corrected chi connectivity index (χ1v) is 16.2. The van der Waals surface area contributed by atoms with Gasteiger partial charge in [-0.1, -0.05) is 152 Å². The van der Waals surface area contributed by atoms with Gasteiger partial charge in [0.1, 0.15) is 0 Å². The van der Waals surface area contributed by atoms with E-state index in [-0.39, 0.29) is 6.61 Å². The molecule has 228 valence electrons. The van der Waals surface area contributed by atoms with Crippen LogP contribution in [0.4, 0.5) is 0 Å². The van der Waals surface area contributed by atoms with E-state index in [4.69, 9.17) is 9.39 Å². The van der Waals surface area contributed by atoms with E-state index in [9.17, 15) is 14.0 Å². The van der Waals surface area contributed by atoms with Crippen molar-refractivity contribution < 1.29 is 27.5 Å². The third-order valence-corrected chi connectivity index (χ3v) is 8.56. The summed E-state index contributed by atoms with van der Waals surface area (Å²) in [5.74, 6) is -1.20. The van der Waals surface area contributed by atoms with E-state index in [2.05, 4.69) is 40.5 Å². The van der Waals surface area contributed by atoms with E-state index in [1.165, 1.54) is 0 Å². The maximum absolute atomic E-state index is 12.8. The molecule has 1 unspecified atom stereocenters. The second-order valence-corrected chi connectivity index (χ2v) is 11.7. The molecular weight excluding hydrogens is 583 g/mol. The minimum Gasteiger partial charge on any atom is -0.452 e. The lowest BCUT2D eigenvalue weighted by atomic mass is 9.67. The van der Waals surface area contributed by atoms with Crippen LogP contribution in [-0.4, -0.2) is 39.0 Å². The summed E-state index contributed by atoms with van der Waals surface area (Å²) in [7, 11) is -1.64. The van der Waals surface area contributed by atoms with Gasteiger partial charge in [-0.3, -0.25) is 4.79 Å². The van der Waals surface area contributed by atoms with Crippen LogP contribution in [0.2, 0.25) is 0 Å². The van der Waals surface area contributed by atoms with E-state index >= 15 is 0 Å². The molecule has 0 aromatic heterocycles. The second kappa shape index (κ2) is 16.1. The Labute approximate surface area is 267 Å². The van der Waals surface area contributed by atoms with Crippen molar-refractivity contribution in [2.75, 3.05) is 12.4 Å². The van der Waals surface area contributed by atoms with Crippen LogP contribution < -0.4 is 0 Å². The summed E-state index contributed by atoms with van der Waals surface area (Å²) in [5.41, 5.74) is 4.58. The largest absolute Gasteiger partial charge is 0.902 e. The molecule has 0 saturated heterocycles. The van der Waals surface area contributed by atoms with Crippen LogP contribution in [0, 0.1) is 0 Å². The normalized spacial score (nSPS) is 12.0. The minimum absolute atomic E-state index is 0.171. The van der Waals surface area contributed by atoms with Gasteiger partial charge in [-0.15, -0.1) is 0 Å². The lowest BCUT2D eigenvalue weighted by molar-refractivity contribution is -0.144. The average molecular weight is 620 g/mol. The number of hydrogen-bond donors (Lipinski definition) is 1. The smallest absolute Gasteiger partial charge is 0.452 e. The summed E-state index contributed by atoms with van der Waals surface area (Å²) in [5, 5.41) is 10.4. The molecule has 0 aliphatic rings. The number of carbonyl (C=O) groups is 1. The van der Waals surface area contributed by atoms with Crippen molar-refractivity contribution in [2.45, 2.75) is 24.4 Å². The molecule has 5 rings (SSSR count). The van der Waals surface area contributed by atoms with Gasteiger partial charge in [0.15, 0.2) is 11.9 Å². The van der Waals surface area contributed by atoms with Crippen molar-refractivity contribution in [1.29, 1.82) is 0 Å². The zero-order valence-electron chi connectivity index (χ0n) is 24.9. The molecular formula is C37H36BO6S+. The molecule has 0 bridgehead atoms. The number of carbonyl (C=O) groups excluding carboxylic acids is 1. The van der Waals surface area contributed by atoms with Gasteiger partial charge in [0, 0.05) is 12.0 Å². The van der Waals surface area contributed by atoms with Gasteiger partial charge in [-0.25, -0.2) is 0 Å². The Morgan fingerprint density at radius 2 is 1.09 bits per heavy atom. The highest BCUT2D eigenvalue weighted by Crippen LogP contribution is 2.43. The lowest BCUT2D eigenvalue weighted by Gasteiger charge is -2.36. The average Bonchev–Trinajstić information content (AvgIpc) is 3.09. The first kappa shape index (κ1) is 32.1. The van der Waals surface area contributed by atoms with Crippen LogP contribution in [0.3, 0.4) is 0 Å². The molecule has 5 aromatic rings. The minimum atomic E-state index is -2.05. The number of esters is 1. The molecule has 0 saturated carbocycles. The number of rotatable bonds is 15. The topological polar surface area (TPSA) is 85.6 Å². The highest BCUT2D eigenvalue weighted by atomic mass is 32.2. The molecule has 5 aromatic carbocycles.